The predicted molar refractivity (Wildman–Crippen MR) is 255 cm³/mol. The first kappa shape index (κ1) is 34.2. The van der Waals surface area contributed by atoms with Gasteiger partial charge in [-0.1, -0.05) is 194 Å². The molecule has 1 aliphatic rings. The van der Waals surface area contributed by atoms with Crippen LogP contribution < -0.4 is 0 Å². The van der Waals surface area contributed by atoms with Gasteiger partial charge in [0.2, 0.25) is 5.95 Å². The molecule has 0 atom stereocenters. The lowest BCUT2D eigenvalue weighted by Crippen LogP contribution is -2.28. The number of hydrogen-bond donors (Lipinski definition) is 0. The van der Waals surface area contributed by atoms with Crippen LogP contribution >= 0.6 is 11.3 Å². The molecule has 0 amide bonds. The number of rotatable bonds is 5. The summed E-state index contributed by atoms with van der Waals surface area (Å²) in [6.45, 7) is 0. The highest BCUT2D eigenvalue weighted by Crippen LogP contribution is 2.56. The molecule has 9 aromatic carbocycles. The van der Waals surface area contributed by atoms with Crippen molar-refractivity contribution in [3.05, 3.63) is 235 Å². The Kier molecular flexibility index (Phi) is 7.39. The van der Waals surface area contributed by atoms with Crippen molar-refractivity contribution in [2.45, 2.75) is 5.41 Å². The van der Waals surface area contributed by atoms with Crippen LogP contribution in [-0.2, 0) is 5.41 Å². The van der Waals surface area contributed by atoms with Gasteiger partial charge in [0.05, 0.1) is 27.7 Å². The van der Waals surface area contributed by atoms with Crippen molar-refractivity contribution >= 4 is 64.2 Å². The molecular formula is C57H35N3S. The first-order valence-corrected chi connectivity index (χ1v) is 21.6. The Labute approximate surface area is 356 Å². The molecule has 0 saturated carbocycles. The van der Waals surface area contributed by atoms with Crippen molar-refractivity contribution in [2.75, 3.05) is 0 Å². The molecule has 0 fully saturated rings. The van der Waals surface area contributed by atoms with Crippen molar-refractivity contribution in [1.29, 1.82) is 0 Å². The summed E-state index contributed by atoms with van der Waals surface area (Å²) in [5, 5.41) is 5.87. The molecule has 3 heterocycles. The summed E-state index contributed by atoms with van der Waals surface area (Å²) < 4.78 is 4.81. The summed E-state index contributed by atoms with van der Waals surface area (Å²) in [5.41, 5.74) is 14.6. The second-order valence-electron chi connectivity index (χ2n) is 16.0. The number of fused-ring (bicyclic) bond motifs is 10. The summed E-state index contributed by atoms with van der Waals surface area (Å²) in [7, 11) is 0. The maximum Gasteiger partial charge on any atom is 0.235 e. The largest absolute Gasteiger partial charge is 0.278 e. The normalized spacial score (nSPS) is 13.0. The van der Waals surface area contributed by atoms with Crippen molar-refractivity contribution in [3.8, 4) is 39.5 Å². The fourth-order valence-corrected chi connectivity index (χ4v) is 11.7. The molecule has 0 N–H and O–H groups in total. The van der Waals surface area contributed by atoms with E-state index in [-0.39, 0.29) is 0 Å². The van der Waals surface area contributed by atoms with Crippen LogP contribution in [0.25, 0.3) is 92.3 Å². The van der Waals surface area contributed by atoms with Crippen LogP contribution in [0.4, 0.5) is 0 Å². The van der Waals surface area contributed by atoms with Gasteiger partial charge < -0.3 is 0 Å². The van der Waals surface area contributed by atoms with Crippen LogP contribution in [0.3, 0.4) is 0 Å². The van der Waals surface area contributed by atoms with Crippen molar-refractivity contribution in [2.24, 2.45) is 0 Å². The summed E-state index contributed by atoms with van der Waals surface area (Å²) in [5.74, 6) is 0.654. The minimum atomic E-state index is -0.533. The van der Waals surface area contributed by atoms with Gasteiger partial charge in [-0.2, -0.15) is 0 Å². The lowest BCUT2D eigenvalue weighted by molar-refractivity contribution is 0.769. The minimum Gasteiger partial charge on any atom is -0.278 e. The summed E-state index contributed by atoms with van der Waals surface area (Å²) in [4.78, 5) is 11.1. The topological polar surface area (TPSA) is 30.7 Å². The second kappa shape index (κ2) is 13.2. The fourth-order valence-electron chi connectivity index (χ4n) is 10.4. The van der Waals surface area contributed by atoms with E-state index in [1.54, 1.807) is 0 Å². The number of nitrogens with zero attached hydrogens (tertiary/aromatic N) is 3. The fraction of sp³-hybridized carbons (Fsp3) is 0.0175. The SMILES string of the molecule is c1ccc(-c2cccc3c2sc2c(-c4nc(-n5c6ccccc6c6ccc(C7(c8ccccc8)c8ccccc8-c8ccccc87)cc65)nc5ccccc45)cccc23)cc1. The predicted octanol–water partition coefficient (Wildman–Crippen LogP) is 14.8. The van der Waals surface area contributed by atoms with Crippen LogP contribution in [-0.4, -0.2) is 14.5 Å². The lowest BCUT2D eigenvalue weighted by atomic mass is 9.67. The van der Waals surface area contributed by atoms with Gasteiger partial charge in [0.15, 0.2) is 0 Å². The Morgan fingerprint density at radius 1 is 0.377 bits per heavy atom. The molecule has 0 bridgehead atoms. The summed E-state index contributed by atoms with van der Waals surface area (Å²) in [6.07, 6.45) is 0. The first-order chi connectivity index (χ1) is 30.3. The van der Waals surface area contributed by atoms with Crippen LogP contribution in [0.2, 0.25) is 0 Å². The zero-order chi connectivity index (χ0) is 40.1. The van der Waals surface area contributed by atoms with Crippen molar-refractivity contribution in [3.63, 3.8) is 0 Å². The van der Waals surface area contributed by atoms with Crippen LogP contribution in [0.15, 0.2) is 212 Å². The molecule has 0 unspecified atom stereocenters. The van der Waals surface area contributed by atoms with Crippen molar-refractivity contribution < 1.29 is 0 Å². The molecule has 12 aromatic rings. The number of para-hydroxylation sites is 2. The quantitative estimate of drug-likeness (QED) is 0.174. The highest BCUT2D eigenvalue weighted by molar-refractivity contribution is 7.26. The Hall–Kier alpha value is -7.66. The number of benzene rings is 9. The Morgan fingerprint density at radius 2 is 0.934 bits per heavy atom. The molecule has 4 heteroatoms. The second-order valence-corrected chi connectivity index (χ2v) is 17.0. The van der Waals surface area contributed by atoms with E-state index in [1.807, 2.05) is 11.3 Å². The zero-order valence-corrected chi connectivity index (χ0v) is 33.8. The average Bonchev–Trinajstić information content (AvgIpc) is 3.98. The average molecular weight is 794 g/mol. The summed E-state index contributed by atoms with van der Waals surface area (Å²) in [6, 6.07) is 77.2. The highest BCUT2D eigenvalue weighted by atomic mass is 32.1. The van der Waals surface area contributed by atoms with Gasteiger partial charge in [0.25, 0.3) is 0 Å². The monoisotopic (exact) mass is 793 g/mol. The van der Waals surface area contributed by atoms with E-state index in [4.69, 9.17) is 9.97 Å². The smallest absolute Gasteiger partial charge is 0.235 e. The van der Waals surface area contributed by atoms with E-state index in [2.05, 4.69) is 217 Å². The van der Waals surface area contributed by atoms with E-state index < -0.39 is 5.41 Å². The molecule has 0 spiro atoms. The third-order valence-corrected chi connectivity index (χ3v) is 14.2. The molecule has 3 nitrogen and oxygen atoms in total. The molecule has 1 aliphatic carbocycles. The maximum atomic E-state index is 5.65. The summed E-state index contributed by atoms with van der Waals surface area (Å²) >= 11 is 1.86. The number of hydrogen-bond acceptors (Lipinski definition) is 3. The van der Waals surface area contributed by atoms with Crippen molar-refractivity contribution in [1.82, 2.24) is 14.5 Å². The molecule has 0 radical (unpaired) electrons. The van der Waals surface area contributed by atoms with Crippen LogP contribution in [0.5, 0.6) is 0 Å². The van der Waals surface area contributed by atoms with Crippen LogP contribution in [0.1, 0.15) is 22.3 Å². The Morgan fingerprint density at radius 3 is 1.69 bits per heavy atom. The van der Waals surface area contributed by atoms with Gasteiger partial charge in [-0.25, -0.2) is 9.97 Å². The van der Waals surface area contributed by atoms with Gasteiger partial charge in [0, 0.05) is 41.9 Å². The van der Waals surface area contributed by atoms with Gasteiger partial charge in [0.1, 0.15) is 0 Å². The number of thiophene rings is 1. The van der Waals surface area contributed by atoms with Crippen LogP contribution in [0, 0.1) is 0 Å². The first-order valence-electron chi connectivity index (χ1n) is 20.8. The van der Waals surface area contributed by atoms with E-state index in [9.17, 15) is 0 Å². The van der Waals surface area contributed by atoms with E-state index >= 15 is 0 Å². The third kappa shape index (κ3) is 4.85. The third-order valence-electron chi connectivity index (χ3n) is 12.9. The lowest BCUT2D eigenvalue weighted by Gasteiger charge is -2.34. The highest BCUT2D eigenvalue weighted by Gasteiger charge is 2.46. The van der Waals surface area contributed by atoms with Gasteiger partial charge in [-0.3, -0.25) is 4.57 Å². The standard InChI is InChI=1S/C57H35N3S/c1-3-17-36(18-4-1)39-25-15-26-44-45-27-16-28-47(55(45)61-54(39)44)53-46-24-9-13-31-50(46)58-56(59-53)60-51-32-14-10-23-42(51)43-34-33-38(35-52(43)60)57(37-19-5-2-6-20-37)48-29-11-7-21-40(48)41-22-8-12-30-49(41)57/h1-35H. The van der Waals surface area contributed by atoms with E-state index in [1.165, 1.54) is 75.5 Å². The van der Waals surface area contributed by atoms with Gasteiger partial charge in [-0.05, 0) is 62.7 Å². The molecule has 284 valence electrons. The van der Waals surface area contributed by atoms with Gasteiger partial charge in [-0.15, -0.1) is 11.3 Å². The Balaban J connectivity index is 1.10. The molecular weight excluding hydrogens is 759 g/mol. The van der Waals surface area contributed by atoms with E-state index in [0.717, 1.165) is 33.2 Å². The number of aromatic nitrogens is 3. The Bertz CT molecular complexity index is 3670. The maximum absolute atomic E-state index is 5.65. The molecule has 3 aromatic heterocycles. The van der Waals surface area contributed by atoms with E-state index in [0.29, 0.717) is 5.95 Å². The minimum absolute atomic E-state index is 0.533. The molecule has 61 heavy (non-hydrogen) atoms. The van der Waals surface area contributed by atoms with Gasteiger partial charge >= 0.3 is 0 Å². The zero-order valence-electron chi connectivity index (χ0n) is 33.0. The molecule has 13 rings (SSSR count). The molecule has 0 aliphatic heterocycles. The molecule has 0 saturated heterocycles.